The van der Waals surface area contributed by atoms with Crippen LogP contribution in [-0.4, -0.2) is 4.92 Å². The van der Waals surface area contributed by atoms with Crippen molar-refractivity contribution in [3.63, 3.8) is 0 Å². The van der Waals surface area contributed by atoms with Crippen molar-refractivity contribution in [1.29, 1.82) is 0 Å². The van der Waals surface area contributed by atoms with Crippen molar-refractivity contribution < 1.29 is 9.66 Å². The van der Waals surface area contributed by atoms with E-state index in [1.54, 1.807) is 24.3 Å². The summed E-state index contributed by atoms with van der Waals surface area (Å²) < 4.78 is 5.47. The summed E-state index contributed by atoms with van der Waals surface area (Å²) in [6.45, 7) is 0.321. The highest BCUT2D eigenvalue weighted by atomic mass is 35.5. The Morgan fingerprint density at radius 3 is 2.67 bits per heavy atom. The van der Waals surface area contributed by atoms with Crippen molar-refractivity contribution in [2.45, 2.75) is 6.61 Å². The molecular weight excluding hydrogens is 254 g/mol. The predicted molar refractivity (Wildman–Crippen MR) is 68.9 cm³/mol. The lowest BCUT2D eigenvalue weighted by molar-refractivity contribution is -0.384. The van der Waals surface area contributed by atoms with Crippen LogP contribution in [-0.2, 0) is 6.61 Å². The van der Waals surface area contributed by atoms with E-state index in [0.29, 0.717) is 17.4 Å². The van der Waals surface area contributed by atoms with Crippen molar-refractivity contribution in [3.8, 4) is 5.75 Å². The normalized spacial score (nSPS) is 10.1. The van der Waals surface area contributed by atoms with E-state index in [0.717, 1.165) is 5.56 Å². The predicted octanol–water partition coefficient (Wildman–Crippen LogP) is 3.83. The maximum atomic E-state index is 10.6. The second-order valence-electron chi connectivity index (χ2n) is 3.67. The van der Waals surface area contributed by atoms with E-state index >= 15 is 0 Å². The molecule has 18 heavy (non-hydrogen) atoms. The number of benzene rings is 2. The lowest BCUT2D eigenvalue weighted by Gasteiger charge is -2.06. The Labute approximate surface area is 109 Å². The molecule has 0 amide bonds. The number of nitro groups is 1. The van der Waals surface area contributed by atoms with Crippen molar-refractivity contribution in [3.05, 3.63) is 69.2 Å². The van der Waals surface area contributed by atoms with Crippen LogP contribution in [0.1, 0.15) is 5.56 Å². The fourth-order valence-electron chi connectivity index (χ4n) is 1.48. The molecule has 0 spiro atoms. The Balaban J connectivity index is 2.06. The SMILES string of the molecule is O=[N+]([O-])c1cccc(OCc2cccc(Cl)c2)c1. The van der Waals surface area contributed by atoms with Gasteiger partial charge in [0.15, 0.2) is 0 Å². The molecule has 0 fully saturated rings. The molecule has 0 heterocycles. The fourth-order valence-corrected chi connectivity index (χ4v) is 1.69. The van der Waals surface area contributed by atoms with Gasteiger partial charge in [-0.05, 0) is 23.8 Å². The van der Waals surface area contributed by atoms with E-state index in [1.807, 2.05) is 12.1 Å². The third-order valence-corrected chi connectivity index (χ3v) is 2.56. The number of nitro benzene ring substituents is 1. The molecule has 2 aromatic rings. The highest BCUT2D eigenvalue weighted by Gasteiger charge is 2.06. The van der Waals surface area contributed by atoms with E-state index < -0.39 is 4.92 Å². The molecule has 2 aromatic carbocycles. The van der Waals surface area contributed by atoms with Crippen LogP contribution in [0.15, 0.2) is 48.5 Å². The summed E-state index contributed by atoms with van der Waals surface area (Å²) in [6, 6.07) is 13.4. The molecule has 0 saturated carbocycles. The van der Waals surface area contributed by atoms with Crippen molar-refractivity contribution in [1.82, 2.24) is 0 Å². The van der Waals surface area contributed by atoms with E-state index in [-0.39, 0.29) is 5.69 Å². The molecular formula is C13H10ClNO3. The molecule has 2 rings (SSSR count). The molecule has 0 bridgehead atoms. The van der Waals surface area contributed by atoms with Crippen LogP contribution in [0, 0.1) is 10.1 Å². The smallest absolute Gasteiger partial charge is 0.273 e. The van der Waals surface area contributed by atoms with Gasteiger partial charge in [0, 0.05) is 11.1 Å². The van der Waals surface area contributed by atoms with Crippen LogP contribution in [0.5, 0.6) is 5.75 Å². The van der Waals surface area contributed by atoms with Gasteiger partial charge in [-0.15, -0.1) is 0 Å². The summed E-state index contributed by atoms with van der Waals surface area (Å²) in [7, 11) is 0. The Morgan fingerprint density at radius 1 is 1.17 bits per heavy atom. The average molecular weight is 264 g/mol. The first-order chi connectivity index (χ1) is 8.65. The molecule has 0 aliphatic rings. The van der Waals surface area contributed by atoms with E-state index in [4.69, 9.17) is 16.3 Å². The van der Waals surface area contributed by atoms with E-state index in [1.165, 1.54) is 12.1 Å². The van der Waals surface area contributed by atoms with Gasteiger partial charge in [0.1, 0.15) is 12.4 Å². The van der Waals surface area contributed by atoms with Crippen LogP contribution >= 0.6 is 11.6 Å². The summed E-state index contributed by atoms with van der Waals surface area (Å²) in [5, 5.41) is 11.2. The molecule has 0 atom stereocenters. The van der Waals surface area contributed by atoms with Crippen molar-refractivity contribution in [2.24, 2.45) is 0 Å². The lowest BCUT2D eigenvalue weighted by Crippen LogP contribution is -1.96. The number of halogens is 1. The molecule has 92 valence electrons. The van der Waals surface area contributed by atoms with E-state index in [9.17, 15) is 10.1 Å². The summed E-state index contributed by atoms with van der Waals surface area (Å²) in [4.78, 5) is 10.2. The van der Waals surface area contributed by atoms with Gasteiger partial charge in [0.05, 0.1) is 11.0 Å². The highest BCUT2D eigenvalue weighted by molar-refractivity contribution is 6.30. The zero-order valence-corrected chi connectivity index (χ0v) is 10.1. The number of ether oxygens (including phenoxy) is 1. The van der Waals surface area contributed by atoms with E-state index in [2.05, 4.69) is 0 Å². The van der Waals surface area contributed by atoms with Crippen molar-refractivity contribution >= 4 is 17.3 Å². The summed E-state index contributed by atoms with van der Waals surface area (Å²) in [5.74, 6) is 0.462. The van der Waals surface area contributed by atoms with Crippen LogP contribution in [0.4, 0.5) is 5.69 Å². The molecule has 4 nitrogen and oxygen atoms in total. The van der Waals surface area contributed by atoms with Crippen LogP contribution in [0.2, 0.25) is 5.02 Å². The molecule has 0 aliphatic heterocycles. The van der Waals surface area contributed by atoms with Crippen LogP contribution in [0.3, 0.4) is 0 Å². The molecule has 0 aromatic heterocycles. The third kappa shape index (κ3) is 3.21. The van der Waals surface area contributed by atoms with Crippen molar-refractivity contribution in [2.75, 3.05) is 0 Å². The van der Waals surface area contributed by atoms with Gasteiger partial charge in [-0.2, -0.15) is 0 Å². The zero-order valence-electron chi connectivity index (χ0n) is 9.38. The largest absolute Gasteiger partial charge is 0.489 e. The first-order valence-electron chi connectivity index (χ1n) is 5.27. The van der Waals surface area contributed by atoms with Crippen LogP contribution in [0.25, 0.3) is 0 Å². The van der Waals surface area contributed by atoms with Gasteiger partial charge in [0.25, 0.3) is 5.69 Å². The molecule has 0 saturated heterocycles. The minimum atomic E-state index is -0.452. The van der Waals surface area contributed by atoms with Gasteiger partial charge < -0.3 is 4.74 Å². The molecule has 5 heteroatoms. The van der Waals surface area contributed by atoms with Gasteiger partial charge in [-0.3, -0.25) is 10.1 Å². The van der Waals surface area contributed by atoms with Gasteiger partial charge in [0.2, 0.25) is 0 Å². The number of nitrogens with zero attached hydrogens (tertiary/aromatic N) is 1. The lowest BCUT2D eigenvalue weighted by atomic mass is 10.2. The van der Waals surface area contributed by atoms with Crippen LogP contribution < -0.4 is 4.74 Å². The standard InChI is InChI=1S/C13H10ClNO3/c14-11-4-1-3-10(7-11)9-18-13-6-2-5-12(8-13)15(16)17/h1-8H,9H2. The summed E-state index contributed by atoms with van der Waals surface area (Å²) >= 11 is 5.85. The minimum absolute atomic E-state index is 0.0126. The van der Waals surface area contributed by atoms with Gasteiger partial charge >= 0.3 is 0 Å². The Hall–Kier alpha value is -2.07. The highest BCUT2D eigenvalue weighted by Crippen LogP contribution is 2.20. The minimum Gasteiger partial charge on any atom is -0.489 e. The molecule has 0 N–H and O–H groups in total. The monoisotopic (exact) mass is 263 g/mol. The maximum absolute atomic E-state index is 10.6. The Morgan fingerprint density at radius 2 is 1.94 bits per heavy atom. The topological polar surface area (TPSA) is 52.4 Å². The van der Waals surface area contributed by atoms with Gasteiger partial charge in [-0.25, -0.2) is 0 Å². The first-order valence-corrected chi connectivity index (χ1v) is 5.64. The number of rotatable bonds is 4. The Bertz CT molecular complexity index is 572. The summed E-state index contributed by atoms with van der Waals surface area (Å²) in [6.07, 6.45) is 0. The fraction of sp³-hybridized carbons (Fsp3) is 0.0769. The first kappa shape index (κ1) is 12.4. The number of hydrogen-bond donors (Lipinski definition) is 0. The Kier molecular flexibility index (Phi) is 3.79. The molecule has 0 aliphatic carbocycles. The maximum Gasteiger partial charge on any atom is 0.273 e. The zero-order chi connectivity index (χ0) is 13.0. The second kappa shape index (κ2) is 5.51. The molecule has 0 unspecified atom stereocenters. The number of non-ortho nitro benzene ring substituents is 1. The average Bonchev–Trinajstić information content (AvgIpc) is 2.37. The quantitative estimate of drug-likeness (QED) is 0.622. The molecule has 0 radical (unpaired) electrons. The third-order valence-electron chi connectivity index (χ3n) is 2.32. The van der Waals surface area contributed by atoms with Gasteiger partial charge in [-0.1, -0.05) is 29.8 Å². The number of hydrogen-bond acceptors (Lipinski definition) is 3. The summed E-state index contributed by atoms with van der Waals surface area (Å²) in [5.41, 5.74) is 0.924. The second-order valence-corrected chi connectivity index (χ2v) is 4.11.